The molecule has 1 aromatic carbocycles. The summed E-state index contributed by atoms with van der Waals surface area (Å²) >= 11 is 0. The molecule has 0 radical (unpaired) electrons. The van der Waals surface area contributed by atoms with Gasteiger partial charge in [-0.05, 0) is 13.0 Å². The standard InChI is InChI=1S/C17H20FN5O/c1-13-10-16(19-11-14-4-2-3-5-15(14)18)21-17(20-13)23-8-6-22(12-24)7-9-23/h2-5,10,12H,6-9,11H2,1H3,(H,19,20,21). The van der Waals surface area contributed by atoms with E-state index < -0.39 is 0 Å². The van der Waals surface area contributed by atoms with Crippen molar-refractivity contribution >= 4 is 18.2 Å². The fraction of sp³-hybridized carbons (Fsp3) is 0.353. The van der Waals surface area contributed by atoms with Gasteiger partial charge in [0.05, 0.1) is 0 Å². The maximum atomic E-state index is 13.7. The number of anilines is 2. The SMILES string of the molecule is Cc1cc(NCc2ccccc2F)nc(N2CCN(C=O)CC2)n1. The molecule has 7 heteroatoms. The molecule has 1 fully saturated rings. The van der Waals surface area contributed by atoms with Gasteiger partial charge in [0.15, 0.2) is 0 Å². The minimum atomic E-state index is -0.235. The van der Waals surface area contributed by atoms with E-state index >= 15 is 0 Å². The Labute approximate surface area is 140 Å². The van der Waals surface area contributed by atoms with Crippen molar-refractivity contribution in [2.45, 2.75) is 13.5 Å². The van der Waals surface area contributed by atoms with E-state index in [1.54, 1.807) is 17.0 Å². The Kier molecular flexibility index (Phi) is 4.88. The van der Waals surface area contributed by atoms with Gasteiger partial charge in [-0.3, -0.25) is 4.79 Å². The molecule has 6 nitrogen and oxygen atoms in total. The fourth-order valence-corrected chi connectivity index (χ4v) is 2.64. The van der Waals surface area contributed by atoms with Crippen LogP contribution in [0.2, 0.25) is 0 Å². The molecule has 1 aromatic heterocycles. The van der Waals surface area contributed by atoms with Crippen LogP contribution in [0.15, 0.2) is 30.3 Å². The summed E-state index contributed by atoms with van der Waals surface area (Å²) in [6, 6.07) is 8.51. The largest absolute Gasteiger partial charge is 0.366 e. The van der Waals surface area contributed by atoms with Crippen molar-refractivity contribution in [2.75, 3.05) is 36.4 Å². The Hall–Kier alpha value is -2.70. The van der Waals surface area contributed by atoms with Gasteiger partial charge < -0.3 is 15.1 Å². The smallest absolute Gasteiger partial charge is 0.227 e. The quantitative estimate of drug-likeness (QED) is 0.848. The zero-order valence-corrected chi connectivity index (χ0v) is 13.6. The van der Waals surface area contributed by atoms with Crippen molar-refractivity contribution in [3.05, 3.63) is 47.4 Å². The van der Waals surface area contributed by atoms with E-state index in [-0.39, 0.29) is 5.82 Å². The molecule has 1 N–H and O–H groups in total. The van der Waals surface area contributed by atoms with Gasteiger partial charge >= 0.3 is 0 Å². The predicted octanol–water partition coefficient (Wildman–Crippen LogP) is 1.81. The maximum absolute atomic E-state index is 13.7. The third-order valence-electron chi connectivity index (χ3n) is 4.01. The molecule has 3 rings (SSSR count). The summed E-state index contributed by atoms with van der Waals surface area (Å²) in [5.74, 6) is 1.07. The highest BCUT2D eigenvalue weighted by Gasteiger charge is 2.18. The summed E-state index contributed by atoms with van der Waals surface area (Å²) in [5, 5.41) is 3.16. The number of aromatic nitrogens is 2. The third kappa shape index (κ3) is 3.79. The first kappa shape index (κ1) is 16.2. The number of rotatable bonds is 5. The molecule has 1 amide bonds. The summed E-state index contributed by atoms with van der Waals surface area (Å²) in [6.45, 7) is 5.00. The van der Waals surface area contributed by atoms with E-state index in [0.717, 1.165) is 12.1 Å². The van der Waals surface area contributed by atoms with Gasteiger partial charge in [0, 0.05) is 50.0 Å². The number of halogens is 1. The second-order valence-corrected chi connectivity index (χ2v) is 5.77. The zero-order chi connectivity index (χ0) is 16.9. The van der Waals surface area contributed by atoms with Crippen LogP contribution in [-0.4, -0.2) is 47.5 Å². The predicted molar refractivity (Wildman–Crippen MR) is 90.3 cm³/mol. The molecule has 24 heavy (non-hydrogen) atoms. The number of nitrogens with zero attached hydrogens (tertiary/aromatic N) is 4. The van der Waals surface area contributed by atoms with E-state index in [1.165, 1.54) is 6.07 Å². The lowest BCUT2D eigenvalue weighted by Crippen LogP contribution is -2.46. The normalized spacial score (nSPS) is 14.6. The molecule has 0 bridgehead atoms. The first-order chi connectivity index (χ1) is 11.7. The molecule has 2 aromatic rings. The molecular weight excluding hydrogens is 309 g/mol. The highest BCUT2D eigenvalue weighted by atomic mass is 19.1. The lowest BCUT2D eigenvalue weighted by atomic mass is 10.2. The Bertz CT molecular complexity index is 716. The molecule has 1 aliphatic rings. The monoisotopic (exact) mass is 329 g/mol. The lowest BCUT2D eigenvalue weighted by Gasteiger charge is -2.32. The van der Waals surface area contributed by atoms with Crippen LogP contribution in [0.4, 0.5) is 16.2 Å². The van der Waals surface area contributed by atoms with Crippen molar-refractivity contribution in [3.8, 4) is 0 Å². The zero-order valence-electron chi connectivity index (χ0n) is 13.6. The summed E-state index contributed by atoms with van der Waals surface area (Å²) in [7, 11) is 0. The Morgan fingerprint density at radius 2 is 1.96 bits per heavy atom. The van der Waals surface area contributed by atoms with Crippen LogP contribution >= 0.6 is 0 Å². The van der Waals surface area contributed by atoms with Crippen LogP contribution in [0.1, 0.15) is 11.3 Å². The molecule has 1 saturated heterocycles. The Morgan fingerprint density at radius 1 is 1.21 bits per heavy atom. The molecule has 0 atom stereocenters. The molecular formula is C17H20FN5O. The van der Waals surface area contributed by atoms with Gasteiger partial charge in [0.25, 0.3) is 0 Å². The summed E-state index contributed by atoms with van der Waals surface area (Å²) in [4.78, 5) is 23.6. The molecule has 0 aliphatic carbocycles. The third-order valence-corrected chi connectivity index (χ3v) is 4.01. The second-order valence-electron chi connectivity index (χ2n) is 5.77. The lowest BCUT2D eigenvalue weighted by molar-refractivity contribution is -0.118. The van der Waals surface area contributed by atoms with E-state index in [0.29, 0.717) is 50.1 Å². The molecule has 0 unspecified atom stereocenters. The number of amides is 1. The van der Waals surface area contributed by atoms with E-state index in [9.17, 15) is 9.18 Å². The summed E-state index contributed by atoms with van der Waals surface area (Å²) in [5.41, 5.74) is 1.43. The van der Waals surface area contributed by atoms with Crippen molar-refractivity contribution < 1.29 is 9.18 Å². The van der Waals surface area contributed by atoms with Gasteiger partial charge in [-0.1, -0.05) is 18.2 Å². The average molecular weight is 329 g/mol. The number of nitrogens with one attached hydrogen (secondary N) is 1. The number of hydrogen-bond donors (Lipinski definition) is 1. The van der Waals surface area contributed by atoms with E-state index in [1.807, 2.05) is 19.1 Å². The second kappa shape index (κ2) is 7.25. The summed E-state index contributed by atoms with van der Waals surface area (Å²) in [6.07, 6.45) is 0.871. The van der Waals surface area contributed by atoms with Crippen molar-refractivity contribution in [3.63, 3.8) is 0 Å². The average Bonchev–Trinajstić information content (AvgIpc) is 2.61. The van der Waals surface area contributed by atoms with Gasteiger partial charge in [0.2, 0.25) is 12.4 Å². The highest BCUT2D eigenvalue weighted by Crippen LogP contribution is 2.16. The van der Waals surface area contributed by atoms with E-state index in [2.05, 4.69) is 20.2 Å². The molecule has 0 saturated carbocycles. The Morgan fingerprint density at radius 3 is 2.67 bits per heavy atom. The first-order valence-electron chi connectivity index (χ1n) is 7.93. The van der Waals surface area contributed by atoms with Gasteiger partial charge in [-0.15, -0.1) is 0 Å². The van der Waals surface area contributed by atoms with Crippen molar-refractivity contribution in [1.29, 1.82) is 0 Å². The summed E-state index contributed by atoms with van der Waals surface area (Å²) < 4.78 is 13.7. The number of hydrogen-bond acceptors (Lipinski definition) is 5. The Balaban J connectivity index is 1.70. The number of piperazine rings is 1. The van der Waals surface area contributed by atoms with Crippen LogP contribution in [0, 0.1) is 12.7 Å². The van der Waals surface area contributed by atoms with E-state index in [4.69, 9.17) is 0 Å². The number of benzene rings is 1. The minimum Gasteiger partial charge on any atom is -0.366 e. The van der Waals surface area contributed by atoms with Crippen LogP contribution in [-0.2, 0) is 11.3 Å². The van der Waals surface area contributed by atoms with Gasteiger partial charge in [-0.2, -0.15) is 4.98 Å². The highest BCUT2D eigenvalue weighted by molar-refractivity contribution is 5.49. The topological polar surface area (TPSA) is 61.4 Å². The molecule has 1 aliphatic heterocycles. The molecule has 0 spiro atoms. The van der Waals surface area contributed by atoms with Crippen LogP contribution in [0.5, 0.6) is 0 Å². The minimum absolute atomic E-state index is 0.235. The maximum Gasteiger partial charge on any atom is 0.227 e. The number of carbonyl (C=O) groups is 1. The fourth-order valence-electron chi connectivity index (χ4n) is 2.64. The van der Waals surface area contributed by atoms with Crippen LogP contribution in [0.25, 0.3) is 0 Å². The first-order valence-corrected chi connectivity index (χ1v) is 7.93. The van der Waals surface area contributed by atoms with Crippen molar-refractivity contribution in [2.24, 2.45) is 0 Å². The molecule has 126 valence electrons. The van der Waals surface area contributed by atoms with Crippen LogP contribution < -0.4 is 10.2 Å². The number of carbonyl (C=O) groups excluding carboxylic acids is 1. The van der Waals surface area contributed by atoms with Gasteiger partial charge in [-0.25, -0.2) is 9.37 Å². The number of aryl methyl sites for hydroxylation is 1. The van der Waals surface area contributed by atoms with Crippen LogP contribution in [0.3, 0.4) is 0 Å². The molecule has 2 heterocycles. The van der Waals surface area contributed by atoms with Gasteiger partial charge in [0.1, 0.15) is 11.6 Å². The van der Waals surface area contributed by atoms with Crippen molar-refractivity contribution in [1.82, 2.24) is 14.9 Å².